The van der Waals surface area contributed by atoms with Crippen LogP contribution < -0.4 is 5.32 Å². The summed E-state index contributed by atoms with van der Waals surface area (Å²) in [5.41, 5.74) is 3.17. The fourth-order valence-electron chi connectivity index (χ4n) is 2.17. The Morgan fingerprint density at radius 1 is 1.43 bits per heavy atom. The quantitative estimate of drug-likeness (QED) is 0.784. The van der Waals surface area contributed by atoms with Crippen LogP contribution >= 0.6 is 0 Å². The van der Waals surface area contributed by atoms with E-state index >= 15 is 0 Å². The SMILES string of the molecule is Cc1cccc(C)c1/N=C1\NCCN1OCCCC(=O)O. The second kappa shape index (κ2) is 7.08. The Balaban J connectivity index is 2.01. The molecule has 0 saturated carbocycles. The van der Waals surface area contributed by atoms with Gasteiger partial charge in [0.2, 0.25) is 5.96 Å². The van der Waals surface area contributed by atoms with E-state index in [0.717, 1.165) is 23.4 Å². The van der Waals surface area contributed by atoms with Gasteiger partial charge in [0.15, 0.2) is 0 Å². The average Bonchev–Trinajstić information content (AvgIpc) is 2.86. The van der Waals surface area contributed by atoms with Gasteiger partial charge >= 0.3 is 5.97 Å². The number of carboxylic acid groups (broad SMARTS) is 1. The van der Waals surface area contributed by atoms with E-state index in [2.05, 4.69) is 10.3 Å². The largest absolute Gasteiger partial charge is 0.481 e. The van der Waals surface area contributed by atoms with Crippen molar-refractivity contribution < 1.29 is 14.7 Å². The van der Waals surface area contributed by atoms with Gasteiger partial charge in [-0.25, -0.2) is 10.1 Å². The number of carboxylic acids is 1. The van der Waals surface area contributed by atoms with Gasteiger partial charge in [0.05, 0.1) is 18.8 Å². The molecular weight excluding hydrogens is 270 g/mol. The average molecular weight is 291 g/mol. The van der Waals surface area contributed by atoms with Crippen LogP contribution in [0.25, 0.3) is 0 Å². The molecule has 0 aromatic heterocycles. The molecular formula is C15H21N3O3. The minimum Gasteiger partial charge on any atom is -0.481 e. The van der Waals surface area contributed by atoms with E-state index in [-0.39, 0.29) is 6.42 Å². The molecule has 0 radical (unpaired) electrons. The Labute approximate surface area is 124 Å². The molecule has 6 nitrogen and oxygen atoms in total. The molecule has 6 heteroatoms. The Morgan fingerprint density at radius 3 is 2.81 bits per heavy atom. The standard InChI is InChI=1S/C15H21N3O3/c1-11-5-3-6-12(2)14(11)17-15-16-8-9-18(15)21-10-4-7-13(19)20/h3,5-6H,4,7-10H2,1-2H3,(H,16,17)(H,19,20). The first kappa shape index (κ1) is 15.3. The smallest absolute Gasteiger partial charge is 0.303 e. The third kappa shape index (κ3) is 4.19. The monoisotopic (exact) mass is 291 g/mol. The molecule has 2 N–H and O–H groups in total. The van der Waals surface area contributed by atoms with Crippen molar-refractivity contribution in [3.05, 3.63) is 29.3 Å². The van der Waals surface area contributed by atoms with Crippen molar-refractivity contribution >= 4 is 17.6 Å². The zero-order valence-electron chi connectivity index (χ0n) is 12.4. The maximum absolute atomic E-state index is 10.5. The van der Waals surface area contributed by atoms with Crippen molar-refractivity contribution in [2.75, 3.05) is 19.7 Å². The number of hydroxylamine groups is 2. The zero-order valence-corrected chi connectivity index (χ0v) is 12.4. The van der Waals surface area contributed by atoms with Gasteiger partial charge in [-0.1, -0.05) is 18.2 Å². The molecule has 1 heterocycles. The predicted molar refractivity (Wildman–Crippen MR) is 80.5 cm³/mol. The van der Waals surface area contributed by atoms with Crippen LogP contribution in [0.1, 0.15) is 24.0 Å². The number of hydrogen-bond donors (Lipinski definition) is 2. The first-order chi connectivity index (χ1) is 10.1. The molecule has 2 rings (SSSR count). The van der Waals surface area contributed by atoms with Crippen LogP contribution in [-0.2, 0) is 9.63 Å². The van der Waals surface area contributed by atoms with Crippen molar-refractivity contribution in [1.82, 2.24) is 10.4 Å². The summed E-state index contributed by atoms with van der Waals surface area (Å²) in [6, 6.07) is 6.06. The van der Waals surface area contributed by atoms with Gasteiger partial charge in [-0.3, -0.25) is 9.63 Å². The lowest BCUT2D eigenvalue weighted by molar-refractivity contribution is -0.138. The molecule has 1 aliphatic heterocycles. The van der Waals surface area contributed by atoms with Crippen LogP contribution in [0.5, 0.6) is 0 Å². The molecule has 114 valence electrons. The van der Waals surface area contributed by atoms with Crippen molar-refractivity contribution in [3.63, 3.8) is 0 Å². The lowest BCUT2D eigenvalue weighted by Gasteiger charge is -2.17. The number of rotatable bonds is 6. The summed E-state index contributed by atoms with van der Waals surface area (Å²) in [5, 5.41) is 13.5. The van der Waals surface area contributed by atoms with Gasteiger partial charge in [-0.05, 0) is 31.4 Å². The van der Waals surface area contributed by atoms with Gasteiger partial charge in [-0.15, -0.1) is 0 Å². The molecule has 0 unspecified atom stereocenters. The Morgan fingerprint density at radius 2 is 2.14 bits per heavy atom. The molecule has 0 atom stereocenters. The molecule has 0 amide bonds. The second-order valence-electron chi connectivity index (χ2n) is 5.04. The summed E-state index contributed by atoms with van der Waals surface area (Å²) in [5.74, 6) is -0.120. The lowest BCUT2D eigenvalue weighted by Crippen LogP contribution is -2.30. The predicted octanol–water partition coefficient (Wildman–Crippen LogP) is 1.99. The summed E-state index contributed by atoms with van der Waals surface area (Å²) in [6.45, 7) is 5.90. The molecule has 1 aliphatic rings. The molecule has 1 aromatic rings. The number of guanidine groups is 1. The summed E-state index contributed by atoms with van der Waals surface area (Å²) in [7, 11) is 0. The number of nitrogens with one attached hydrogen (secondary N) is 1. The fourth-order valence-corrected chi connectivity index (χ4v) is 2.17. The van der Waals surface area contributed by atoms with E-state index in [1.165, 1.54) is 0 Å². The highest BCUT2D eigenvalue weighted by Gasteiger charge is 2.19. The highest BCUT2D eigenvalue weighted by atomic mass is 16.7. The molecule has 21 heavy (non-hydrogen) atoms. The van der Waals surface area contributed by atoms with Gasteiger partial charge < -0.3 is 10.4 Å². The summed E-state index contributed by atoms with van der Waals surface area (Å²) < 4.78 is 0. The van der Waals surface area contributed by atoms with Crippen molar-refractivity contribution in [2.45, 2.75) is 26.7 Å². The Kier molecular flexibility index (Phi) is 5.16. The first-order valence-corrected chi connectivity index (χ1v) is 7.09. The van der Waals surface area contributed by atoms with Crippen LogP contribution in [0.4, 0.5) is 5.69 Å². The number of benzene rings is 1. The van der Waals surface area contributed by atoms with Gasteiger partial charge in [0.25, 0.3) is 0 Å². The van der Waals surface area contributed by atoms with E-state index in [4.69, 9.17) is 9.94 Å². The maximum atomic E-state index is 10.5. The molecule has 1 fully saturated rings. The number of aliphatic carboxylic acids is 1. The highest BCUT2D eigenvalue weighted by molar-refractivity contribution is 5.84. The van der Waals surface area contributed by atoms with Crippen LogP contribution in [-0.4, -0.2) is 41.8 Å². The minimum atomic E-state index is -0.803. The maximum Gasteiger partial charge on any atom is 0.303 e. The van der Waals surface area contributed by atoms with Crippen molar-refractivity contribution in [2.24, 2.45) is 4.99 Å². The lowest BCUT2D eigenvalue weighted by atomic mass is 10.1. The van der Waals surface area contributed by atoms with Gasteiger partial charge in [0.1, 0.15) is 0 Å². The normalized spacial score (nSPS) is 16.3. The molecule has 0 aliphatic carbocycles. The number of para-hydroxylation sites is 1. The third-order valence-electron chi connectivity index (χ3n) is 3.27. The minimum absolute atomic E-state index is 0.116. The van der Waals surface area contributed by atoms with E-state index in [1.54, 1.807) is 5.06 Å². The third-order valence-corrected chi connectivity index (χ3v) is 3.27. The first-order valence-electron chi connectivity index (χ1n) is 7.09. The fraction of sp³-hybridized carbons (Fsp3) is 0.467. The van der Waals surface area contributed by atoms with Gasteiger partial charge in [-0.2, -0.15) is 0 Å². The number of aryl methyl sites for hydroxylation is 2. The van der Waals surface area contributed by atoms with E-state index in [9.17, 15) is 4.79 Å². The molecule has 0 bridgehead atoms. The molecule has 1 aromatic carbocycles. The number of aliphatic imine (C=N–C) groups is 1. The summed E-state index contributed by atoms with van der Waals surface area (Å²) in [6.07, 6.45) is 0.604. The van der Waals surface area contributed by atoms with Crippen LogP contribution in [0, 0.1) is 13.8 Å². The highest BCUT2D eigenvalue weighted by Crippen LogP contribution is 2.23. The van der Waals surface area contributed by atoms with Crippen molar-refractivity contribution in [1.29, 1.82) is 0 Å². The van der Waals surface area contributed by atoms with E-state index in [0.29, 0.717) is 25.5 Å². The molecule has 0 spiro atoms. The topological polar surface area (TPSA) is 74.2 Å². The van der Waals surface area contributed by atoms with Gasteiger partial charge in [0, 0.05) is 13.0 Å². The number of hydrogen-bond acceptors (Lipinski definition) is 3. The summed E-state index contributed by atoms with van der Waals surface area (Å²) >= 11 is 0. The van der Waals surface area contributed by atoms with Crippen LogP contribution in [0.2, 0.25) is 0 Å². The second-order valence-corrected chi connectivity index (χ2v) is 5.04. The number of carbonyl (C=O) groups is 1. The Bertz CT molecular complexity index is 523. The van der Waals surface area contributed by atoms with E-state index in [1.807, 2.05) is 32.0 Å². The Hall–Kier alpha value is -2.08. The van der Waals surface area contributed by atoms with E-state index < -0.39 is 5.97 Å². The molecule has 1 saturated heterocycles. The zero-order chi connectivity index (χ0) is 15.2. The summed E-state index contributed by atoms with van der Waals surface area (Å²) in [4.78, 5) is 20.7. The number of nitrogens with zero attached hydrogens (tertiary/aromatic N) is 2. The van der Waals surface area contributed by atoms with Crippen molar-refractivity contribution in [3.8, 4) is 0 Å². The van der Waals surface area contributed by atoms with Crippen LogP contribution in [0.15, 0.2) is 23.2 Å². The van der Waals surface area contributed by atoms with Crippen LogP contribution in [0.3, 0.4) is 0 Å².